The van der Waals surface area contributed by atoms with Crippen LogP contribution >= 0.6 is 15.9 Å². The summed E-state index contributed by atoms with van der Waals surface area (Å²) in [6.45, 7) is 2.51. The summed E-state index contributed by atoms with van der Waals surface area (Å²) in [6, 6.07) is 3.75. The lowest BCUT2D eigenvalue weighted by Gasteiger charge is -2.07. The van der Waals surface area contributed by atoms with Gasteiger partial charge in [0.2, 0.25) is 0 Å². The first-order valence-corrected chi connectivity index (χ1v) is 6.71. The molecule has 0 aliphatic rings. The average Bonchev–Trinajstić information content (AvgIpc) is 2.66. The van der Waals surface area contributed by atoms with Crippen LogP contribution in [0.15, 0.2) is 22.7 Å². The van der Waals surface area contributed by atoms with Gasteiger partial charge in [0.1, 0.15) is 0 Å². The lowest BCUT2D eigenvalue weighted by molar-refractivity contribution is 0.509. The number of nitrogens with zero attached hydrogens (tertiary/aromatic N) is 2. The molecule has 1 N–H and O–H groups in total. The monoisotopic (exact) mass is 329 g/mol. The highest BCUT2D eigenvalue weighted by Crippen LogP contribution is 2.23. The first kappa shape index (κ1) is 14.0. The highest BCUT2D eigenvalue weighted by Gasteiger charge is 2.12. The van der Waals surface area contributed by atoms with E-state index in [2.05, 4.69) is 26.3 Å². The van der Waals surface area contributed by atoms with Gasteiger partial charge in [-0.2, -0.15) is 5.10 Å². The van der Waals surface area contributed by atoms with Crippen molar-refractivity contribution in [2.45, 2.75) is 19.9 Å². The van der Waals surface area contributed by atoms with E-state index >= 15 is 0 Å². The topological polar surface area (TPSA) is 29.9 Å². The zero-order valence-electron chi connectivity index (χ0n) is 10.7. The lowest BCUT2D eigenvalue weighted by atomic mass is 10.2. The zero-order valence-corrected chi connectivity index (χ0v) is 12.3. The van der Waals surface area contributed by atoms with E-state index in [1.165, 1.54) is 6.07 Å². The molecule has 19 heavy (non-hydrogen) atoms. The fourth-order valence-corrected chi connectivity index (χ4v) is 2.56. The van der Waals surface area contributed by atoms with E-state index in [0.717, 1.165) is 34.4 Å². The Morgan fingerprint density at radius 2 is 2.05 bits per heavy atom. The third kappa shape index (κ3) is 2.94. The largest absolute Gasteiger partial charge is 0.379 e. The first-order valence-electron chi connectivity index (χ1n) is 5.92. The Balaban J connectivity index is 2.14. The second-order valence-corrected chi connectivity index (χ2v) is 4.96. The van der Waals surface area contributed by atoms with E-state index in [1.807, 2.05) is 14.0 Å². The molecule has 1 aromatic carbocycles. The van der Waals surface area contributed by atoms with E-state index in [0.29, 0.717) is 12.2 Å². The minimum atomic E-state index is -0.858. The normalized spacial score (nSPS) is 10.8. The molecule has 2 rings (SSSR count). The van der Waals surface area contributed by atoms with Crippen LogP contribution in [-0.2, 0) is 20.0 Å². The Hall–Kier alpha value is -1.43. The maximum absolute atomic E-state index is 13.1. The Labute approximate surface area is 118 Å². The predicted octanol–water partition coefficient (Wildman–Crippen LogP) is 3.64. The van der Waals surface area contributed by atoms with Crippen molar-refractivity contribution < 1.29 is 8.78 Å². The summed E-state index contributed by atoms with van der Waals surface area (Å²) in [4.78, 5) is 0. The zero-order chi connectivity index (χ0) is 14.0. The van der Waals surface area contributed by atoms with Gasteiger partial charge in [0.15, 0.2) is 11.6 Å². The summed E-state index contributed by atoms with van der Waals surface area (Å²) in [5.41, 5.74) is 2.47. The highest BCUT2D eigenvalue weighted by molar-refractivity contribution is 9.10. The molecule has 0 saturated heterocycles. The summed E-state index contributed by atoms with van der Waals surface area (Å²) in [5, 5.41) is 7.42. The van der Waals surface area contributed by atoms with Gasteiger partial charge in [-0.05, 0) is 34.5 Å². The van der Waals surface area contributed by atoms with Crippen molar-refractivity contribution in [2.24, 2.45) is 7.05 Å². The molecule has 0 aliphatic heterocycles. The third-order valence-corrected chi connectivity index (χ3v) is 3.80. The Morgan fingerprint density at radius 3 is 2.63 bits per heavy atom. The molecular weight excluding hydrogens is 316 g/mol. The molecule has 0 spiro atoms. The number of aromatic nitrogens is 2. The number of halogens is 3. The minimum Gasteiger partial charge on any atom is -0.379 e. The second-order valence-electron chi connectivity index (χ2n) is 4.17. The van der Waals surface area contributed by atoms with Gasteiger partial charge < -0.3 is 5.32 Å². The fourth-order valence-electron chi connectivity index (χ4n) is 1.80. The van der Waals surface area contributed by atoms with E-state index in [1.54, 1.807) is 4.68 Å². The Kier molecular flexibility index (Phi) is 4.19. The van der Waals surface area contributed by atoms with Gasteiger partial charge >= 0.3 is 0 Å². The molecule has 102 valence electrons. The maximum atomic E-state index is 13.1. The van der Waals surface area contributed by atoms with Gasteiger partial charge in [-0.1, -0.05) is 6.92 Å². The molecule has 0 radical (unpaired) electrons. The molecule has 0 unspecified atom stereocenters. The molecule has 0 atom stereocenters. The second kappa shape index (κ2) is 5.69. The van der Waals surface area contributed by atoms with E-state index < -0.39 is 11.6 Å². The fraction of sp³-hybridized carbons (Fsp3) is 0.308. The van der Waals surface area contributed by atoms with Gasteiger partial charge in [-0.25, -0.2) is 8.78 Å². The van der Waals surface area contributed by atoms with Crippen molar-refractivity contribution in [3.05, 3.63) is 45.7 Å². The molecular formula is C13H14BrF2N3. The average molecular weight is 330 g/mol. The van der Waals surface area contributed by atoms with Crippen LogP contribution in [0.1, 0.15) is 18.3 Å². The van der Waals surface area contributed by atoms with Gasteiger partial charge in [-0.3, -0.25) is 4.68 Å². The van der Waals surface area contributed by atoms with Crippen LogP contribution in [-0.4, -0.2) is 9.78 Å². The molecule has 0 saturated carbocycles. The summed E-state index contributed by atoms with van der Waals surface area (Å²) >= 11 is 3.50. The Bertz CT molecular complexity index is 596. The number of anilines is 1. The Morgan fingerprint density at radius 1 is 1.32 bits per heavy atom. The van der Waals surface area contributed by atoms with Crippen LogP contribution in [0.5, 0.6) is 0 Å². The predicted molar refractivity (Wildman–Crippen MR) is 74.0 cm³/mol. The van der Waals surface area contributed by atoms with Crippen molar-refractivity contribution in [2.75, 3.05) is 5.32 Å². The first-order chi connectivity index (χ1) is 9.02. The van der Waals surface area contributed by atoms with E-state index in [-0.39, 0.29) is 0 Å². The number of benzene rings is 1. The quantitative estimate of drug-likeness (QED) is 0.928. The summed E-state index contributed by atoms with van der Waals surface area (Å²) in [5.74, 6) is -1.70. The molecule has 2 aromatic rings. The van der Waals surface area contributed by atoms with E-state index in [9.17, 15) is 8.78 Å². The van der Waals surface area contributed by atoms with Crippen LogP contribution in [0, 0.1) is 11.6 Å². The summed E-state index contributed by atoms with van der Waals surface area (Å²) < 4.78 is 28.6. The van der Waals surface area contributed by atoms with Gasteiger partial charge in [0.25, 0.3) is 0 Å². The molecule has 0 bridgehead atoms. The highest BCUT2D eigenvalue weighted by atomic mass is 79.9. The van der Waals surface area contributed by atoms with Crippen molar-refractivity contribution in [1.82, 2.24) is 9.78 Å². The minimum absolute atomic E-state index is 0.481. The molecule has 1 aromatic heterocycles. The molecule has 0 amide bonds. The molecule has 1 heterocycles. The van der Waals surface area contributed by atoms with Gasteiger partial charge in [-0.15, -0.1) is 0 Å². The van der Waals surface area contributed by atoms with E-state index in [4.69, 9.17) is 0 Å². The molecule has 6 heteroatoms. The number of nitrogens with one attached hydrogen (secondary N) is 1. The number of hydrogen-bond acceptors (Lipinski definition) is 2. The lowest BCUT2D eigenvalue weighted by Crippen LogP contribution is -2.06. The number of rotatable bonds is 4. The molecule has 0 fully saturated rings. The van der Waals surface area contributed by atoms with Crippen molar-refractivity contribution in [3.8, 4) is 0 Å². The van der Waals surface area contributed by atoms with Crippen LogP contribution in [0.4, 0.5) is 14.5 Å². The molecule has 3 nitrogen and oxygen atoms in total. The summed E-state index contributed by atoms with van der Waals surface area (Å²) in [7, 11) is 1.85. The third-order valence-electron chi connectivity index (χ3n) is 2.88. The molecule has 0 aliphatic carbocycles. The van der Waals surface area contributed by atoms with Crippen LogP contribution in [0.3, 0.4) is 0 Å². The standard InChI is InChI=1S/C13H14BrF2N3/c1-3-11-13(14)12(19(2)18-11)7-17-8-4-5-9(15)10(16)6-8/h4-6,17H,3,7H2,1-2H3. The number of aryl methyl sites for hydroxylation is 2. The SMILES string of the molecule is CCc1nn(C)c(CNc2ccc(F)c(F)c2)c1Br. The van der Waals surface area contributed by atoms with Crippen LogP contribution < -0.4 is 5.32 Å². The smallest absolute Gasteiger partial charge is 0.160 e. The van der Waals surface area contributed by atoms with Crippen molar-refractivity contribution in [3.63, 3.8) is 0 Å². The summed E-state index contributed by atoms with van der Waals surface area (Å²) in [6.07, 6.45) is 0.833. The van der Waals surface area contributed by atoms with Crippen molar-refractivity contribution >= 4 is 21.6 Å². The van der Waals surface area contributed by atoms with Gasteiger partial charge in [0, 0.05) is 18.8 Å². The van der Waals surface area contributed by atoms with Crippen LogP contribution in [0.25, 0.3) is 0 Å². The maximum Gasteiger partial charge on any atom is 0.160 e. The van der Waals surface area contributed by atoms with Crippen LogP contribution in [0.2, 0.25) is 0 Å². The van der Waals surface area contributed by atoms with Gasteiger partial charge in [0.05, 0.1) is 22.4 Å². The van der Waals surface area contributed by atoms with Crippen molar-refractivity contribution in [1.29, 1.82) is 0 Å². The number of hydrogen-bond donors (Lipinski definition) is 1.